The molecule has 0 fully saturated rings. The molecule has 4 nitrogen and oxygen atoms in total. The van der Waals surface area contributed by atoms with Gasteiger partial charge in [-0.1, -0.05) is 18.6 Å². The second-order valence-corrected chi connectivity index (χ2v) is 7.11. The number of aryl methyl sites for hydroxylation is 2. The summed E-state index contributed by atoms with van der Waals surface area (Å²) in [6.45, 7) is 5.43. The topological polar surface area (TPSA) is 57.4 Å². The van der Waals surface area contributed by atoms with Crippen LogP contribution in [-0.2, 0) is 19.4 Å². The van der Waals surface area contributed by atoms with E-state index in [1.54, 1.807) is 0 Å². The SMILES string of the molecule is CC[C@@H](CO)NC[C@H](O)Cn1c2c(c3cc(C)ccc31)CCCC2. The Labute approximate surface area is 144 Å². The minimum absolute atomic E-state index is 0.0672. The van der Waals surface area contributed by atoms with Crippen molar-refractivity contribution >= 4 is 10.9 Å². The van der Waals surface area contributed by atoms with Crippen LogP contribution >= 0.6 is 0 Å². The summed E-state index contributed by atoms with van der Waals surface area (Å²) >= 11 is 0. The Hall–Kier alpha value is -1.36. The first-order chi connectivity index (χ1) is 11.6. The lowest BCUT2D eigenvalue weighted by atomic mass is 9.95. The Morgan fingerprint density at radius 1 is 1.25 bits per heavy atom. The fourth-order valence-corrected chi connectivity index (χ4v) is 3.87. The van der Waals surface area contributed by atoms with Gasteiger partial charge in [-0.05, 0) is 56.7 Å². The molecule has 0 aliphatic heterocycles. The number of nitrogens with one attached hydrogen (secondary N) is 1. The standard InChI is InChI=1S/C20H30N2O2/c1-3-15(13-23)21-11-16(24)12-22-19-7-5-4-6-17(19)18-10-14(2)8-9-20(18)22/h8-10,15-16,21,23-24H,3-7,11-13H2,1-2H3/t15-,16-/m0/s1. The van der Waals surface area contributed by atoms with Gasteiger partial charge in [-0.15, -0.1) is 0 Å². The van der Waals surface area contributed by atoms with E-state index in [2.05, 4.69) is 35.0 Å². The smallest absolute Gasteiger partial charge is 0.0843 e. The number of benzene rings is 1. The van der Waals surface area contributed by atoms with Gasteiger partial charge in [0.15, 0.2) is 0 Å². The molecule has 1 aliphatic rings. The molecule has 0 saturated heterocycles. The number of hydrogen-bond acceptors (Lipinski definition) is 3. The van der Waals surface area contributed by atoms with Crippen LogP contribution < -0.4 is 5.32 Å². The molecule has 1 heterocycles. The first-order valence-electron chi connectivity index (χ1n) is 9.27. The molecule has 3 rings (SSSR count). The summed E-state index contributed by atoms with van der Waals surface area (Å²) in [5, 5.41) is 24.4. The molecule has 0 amide bonds. The lowest BCUT2D eigenvalue weighted by Crippen LogP contribution is -2.39. The lowest BCUT2D eigenvalue weighted by Gasteiger charge is -2.21. The van der Waals surface area contributed by atoms with Crippen molar-refractivity contribution in [3.05, 3.63) is 35.0 Å². The van der Waals surface area contributed by atoms with E-state index in [0.717, 1.165) is 19.3 Å². The molecule has 0 spiro atoms. The van der Waals surface area contributed by atoms with Crippen molar-refractivity contribution in [1.29, 1.82) is 0 Å². The minimum Gasteiger partial charge on any atom is -0.395 e. The molecule has 2 aromatic rings. The zero-order valence-corrected chi connectivity index (χ0v) is 14.9. The lowest BCUT2D eigenvalue weighted by molar-refractivity contribution is 0.139. The number of aliphatic hydroxyl groups is 2. The monoisotopic (exact) mass is 330 g/mol. The second kappa shape index (κ2) is 7.68. The van der Waals surface area contributed by atoms with E-state index in [0.29, 0.717) is 13.1 Å². The number of nitrogens with zero attached hydrogens (tertiary/aromatic N) is 1. The van der Waals surface area contributed by atoms with Crippen LogP contribution in [0.3, 0.4) is 0 Å². The largest absolute Gasteiger partial charge is 0.395 e. The van der Waals surface area contributed by atoms with Crippen molar-refractivity contribution in [2.24, 2.45) is 0 Å². The minimum atomic E-state index is -0.450. The summed E-state index contributed by atoms with van der Waals surface area (Å²) in [6.07, 6.45) is 5.17. The van der Waals surface area contributed by atoms with Crippen LogP contribution in [0.2, 0.25) is 0 Å². The summed E-state index contributed by atoms with van der Waals surface area (Å²) in [6, 6.07) is 6.72. The third-order valence-electron chi connectivity index (χ3n) is 5.28. The van der Waals surface area contributed by atoms with Gasteiger partial charge in [-0.3, -0.25) is 0 Å². The molecule has 3 N–H and O–H groups in total. The molecule has 0 radical (unpaired) electrons. The second-order valence-electron chi connectivity index (χ2n) is 7.11. The van der Waals surface area contributed by atoms with Gasteiger partial charge in [0.1, 0.15) is 0 Å². The Balaban J connectivity index is 1.83. The molecule has 0 saturated carbocycles. The van der Waals surface area contributed by atoms with Crippen molar-refractivity contribution in [3.63, 3.8) is 0 Å². The van der Waals surface area contributed by atoms with E-state index in [4.69, 9.17) is 0 Å². The van der Waals surface area contributed by atoms with Crippen molar-refractivity contribution in [1.82, 2.24) is 9.88 Å². The van der Waals surface area contributed by atoms with Crippen molar-refractivity contribution in [2.45, 2.75) is 64.6 Å². The van der Waals surface area contributed by atoms with Crippen LogP contribution in [0.4, 0.5) is 0 Å². The number of fused-ring (bicyclic) bond motifs is 3. The molecule has 1 aliphatic carbocycles. The Kier molecular flexibility index (Phi) is 5.59. The Bertz CT molecular complexity index is 688. The summed E-state index contributed by atoms with van der Waals surface area (Å²) in [5.41, 5.74) is 5.45. The van der Waals surface area contributed by atoms with E-state index >= 15 is 0 Å². The molecule has 1 aromatic heterocycles. The van der Waals surface area contributed by atoms with E-state index in [9.17, 15) is 10.2 Å². The quantitative estimate of drug-likeness (QED) is 0.731. The summed E-state index contributed by atoms with van der Waals surface area (Å²) < 4.78 is 2.33. The fourth-order valence-electron chi connectivity index (χ4n) is 3.87. The fraction of sp³-hybridized carbons (Fsp3) is 0.600. The van der Waals surface area contributed by atoms with E-state index < -0.39 is 6.10 Å². The van der Waals surface area contributed by atoms with Crippen molar-refractivity contribution < 1.29 is 10.2 Å². The van der Waals surface area contributed by atoms with E-state index in [1.807, 2.05) is 6.92 Å². The van der Waals surface area contributed by atoms with Crippen LogP contribution in [0.15, 0.2) is 18.2 Å². The zero-order valence-electron chi connectivity index (χ0n) is 14.9. The van der Waals surface area contributed by atoms with Crippen LogP contribution in [-0.4, -0.2) is 40.1 Å². The Morgan fingerprint density at radius 2 is 2.04 bits per heavy atom. The highest BCUT2D eigenvalue weighted by Crippen LogP contribution is 2.33. The van der Waals surface area contributed by atoms with Crippen molar-refractivity contribution in [3.8, 4) is 0 Å². The molecule has 2 atom stereocenters. The van der Waals surface area contributed by atoms with Crippen molar-refractivity contribution in [2.75, 3.05) is 13.2 Å². The van der Waals surface area contributed by atoms with Gasteiger partial charge in [0.05, 0.1) is 19.3 Å². The molecular weight excluding hydrogens is 300 g/mol. The summed E-state index contributed by atoms with van der Waals surface area (Å²) in [5.74, 6) is 0. The van der Waals surface area contributed by atoms with Gasteiger partial charge in [0.25, 0.3) is 0 Å². The van der Waals surface area contributed by atoms with Gasteiger partial charge < -0.3 is 20.1 Å². The van der Waals surface area contributed by atoms with E-state index in [1.165, 1.54) is 40.6 Å². The molecule has 4 heteroatoms. The predicted molar refractivity (Wildman–Crippen MR) is 98.5 cm³/mol. The number of aromatic nitrogens is 1. The predicted octanol–water partition coefficient (Wildman–Crippen LogP) is 2.55. The third kappa shape index (κ3) is 3.51. The maximum atomic E-state index is 10.5. The van der Waals surface area contributed by atoms with Gasteiger partial charge in [-0.25, -0.2) is 0 Å². The maximum absolute atomic E-state index is 10.5. The molecular formula is C20H30N2O2. The van der Waals surface area contributed by atoms with Gasteiger partial charge in [-0.2, -0.15) is 0 Å². The average molecular weight is 330 g/mol. The molecule has 24 heavy (non-hydrogen) atoms. The molecule has 0 bridgehead atoms. The van der Waals surface area contributed by atoms with Crippen LogP contribution in [0, 0.1) is 6.92 Å². The normalized spacial score (nSPS) is 17.0. The highest BCUT2D eigenvalue weighted by atomic mass is 16.3. The summed E-state index contributed by atoms with van der Waals surface area (Å²) in [7, 11) is 0. The summed E-state index contributed by atoms with van der Waals surface area (Å²) in [4.78, 5) is 0. The van der Waals surface area contributed by atoms with Crippen LogP contribution in [0.25, 0.3) is 10.9 Å². The van der Waals surface area contributed by atoms with E-state index in [-0.39, 0.29) is 12.6 Å². The van der Waals surface area contributed by atoms with Crippen LogP contribution in [0.1, 0.15) is 43.0 Å². The molecule has 0 unspecified atom stereocenters. The molecule has 132 valence electrons. The number of aliphatic hydroxyl groups excluding tert-OH is 2. The Morgan fingerprint density at radius 3 is 2.79 bits per heavy atom. The zero-order chi connectivity index (χ0) is 17.1. The first kappa shape index (κ1) is 17.5. The highest BCUT2D eigenvalue weighted by Gasteiger charge is 2.21. The number of rotatable bonds is 7. The van der Waals surface area contributed by atoms with Gasteiger partial charge >= 0.3 is 0 Å². The average Bonchev–Trinajstić information content (AvgIpc) is 2.89. The number of hydrogen-bond donors (Lipinski definition) is 3. The third-order valence-corrected chi connectivity index (χ3v) is 5.28. The molecule has 1 aromatic carbocycles. The van der Waals surface area contributed by atoms with Gasteiger partial charge in [0, 0.05) is 29.2 Å². The van der Waals surface area contributed by atoms with Gasteiger partial charge in [0.2, 0.25) is 0 Å². The maximum Gasteiger partial charge on any atom is 0.0843 e. The van der Waals surface area contributed by atoms with Crippen LogP contribution in [0.5, 0.6) is 0 Å². The first-order valence-corrected chi connectivity index (χ1v) is 9.27. The highest BCUT2D eigenvalue weighted by molar-refractivity contribution is 5.86.